The molecule has 0 amide bonds. The molecule has 0 N–H and O–H groups in total. The normalized spacial score (nSPS) is 12.6. The topological polar surface area (TPSA) is 30.6 Å². The van der Waals surface area contributed by atoms with E-state index in [1.54, 1.807) is 0 Å². The van der Waals surface area contributed by atoms with Crippen LogP contribution in [0.3, 0.4) is 0 Å². The predicted octanol–water partition coefficient (Wildman–Crippen LogP) is 39.7. The molecule has 28 rings (SSSR count). The molecule has 8 nitrogen and oxygen atoms in total. The second-order valence-electron chi connectivity index (χ2n) is 43.4. The van der Waals surface area contributed by atoms with Crippen LogP contribution in [0.5, 0.6) is 0 Å². The third-order valence-electron chi connectivity index (χ3n) is 33.2. The van der Waals surface area contributed by atoms with E-state index >= 15 is 0 Å². The molecule has 0 spiro atoms. The second-order valence-corrected chi connectivity index (χ2v) is 43.4. The molecule has 8 heterocycles. The molecule has 0 aliphatic carbocycles. The van der Waals surface area contributed by atoms with E-state index in [0.717, 1.165) is 57.6 Å². The van der Waals surface area contributed by atoms with E-state index in [2.05, 4.69) is 523 Å². The molecule has 714 valence electrons. The van der Waals surface area contributed by atoms with E-state index in [-0.39, 0.29) is 5.92 Å². The van der Waals surface area contributed by atoms with Crippen molar-refractivity contribution in [1.29, 1.82) is 0 Å². The Morgan fingerprint density at radius 2 is 0.392 bits per heavy atom. The highest BCUT2D eigenvalue weighted by Gasteiger charge is 2.32. The molecular weight excluding hydrogens is 1790 g/mol. The SMILES string of the molecule is Cc1cc(N(c2cc(C)c(C(C)C)c(C)c2)c2ccc3c(c2)c2cccc4c5cc6c(cc5n3c24)c2cccc3c4cc(N(c5cc(C)c(C(C)C)c(C)c5)c5cc(C)c(C(C)Cc7cccc(-c8cccc(N(c9ccccc9)c9ccc%10c(c9)c9cccc%11c%12cc%13c(cc%12n%10c9%11)c9cccc%10c%11cc(N(c%12ccccc%12)c%12cccc(-c%14ccccc%14)c%12)ccc%11n%13c%109)c8)c7)c(C)c5)ccc4n6c32)cc(C)c1C(C)C. The first-order valence-corrected chi connectivity index (χ1v) is 52.9. The summed E-state index contributed by atoms with van der Waals surface area (Å²) in [5.74, 6) is 1.48. The van der Waals surface area contributed by atoms with Crippen LogP contribution in [0.4, 0.5) is 68.2 Å². The first kappa shape index (κ1) is 88.5. The quantitative estimate of drug-likeness (QED) is 0.0761. The fourth-order valence-electron chi connectivity index (χ4n) is 27.8. The van der Waals surface area contributed by atoms with Gasteiger partial charge in [0.25, 0.3) is 0 Å². The maximum Gasteiger partial charge on any atom is 0.0620 e. The van der Waals surface area contributed by atoms with Gasteiger partial charge in [-0.25, -0.2) is 0 Å². The Balaban J connectivity index is 0.490. The van der Waals surface area contributed by atoms with E-state index in [0.29, 0.717) is 17.8 Å². The summed E-state index contributed by atoms with van der Waals surface area (Å²) in [6.45, 7) is 34.8. The zero-order valence-electron chi connectivity index (χ0n) is 86.5. The van der Waals surface area contributed by atoms with Crippen LogP contribution >= 0.6 is 0 Å². The summed E-state index contributed by atoms with van der Waals surface area (Å²) in [7, 11) is 0. The van der Waals surface area contributed by atoms with Gasteiger partial charge in [-0.3, -0.25) is 0 Å². The molecule has 20 aromatic carbocycles. The third-order valence-corrected chi connectivity index (χ3v) is 33.2. The molecule has 0 bridgehead atoms. The zero-order valence-corrected chi connectivity index (χ0v) is 86.5. The zero-order chi connectivity index (χ0) is 100. The summed E-state index contributed by atoms with van der Waals surface area (Å²) in [4.78, 5) is 9.90. The van der Waals surface area contributed by atoms with Crippen molar-refractivity contribution >= 4 is 221 Å². The number of para-hydroxylation sites is 6. The average molecular weight is 1910 g/mol. The molecule has 0 aliphatic heterocycles. The molecule has 8 heteroatoms. The molecule has 148 heavy (non-hydrogen) atoms. The van der Waals surface area contributed by atoms with Gasteiger partial charge < -0.3 is 37.2 Å². The van der Waals surface area contributed by atoms with Crippen molar-refractivity contribution in [2.24, 2.45) is 0 Å². The molecule has 8 aromatic heterocycles. The fourth-order valence-corrected chi connectivity index (χ4v) is 27.8. The van der Waals surface area contributed by atoms with Gasteiger partial charge >= 0.3 is 0 Å². The summed E-state index contributed by atoms with van der Waals surface area (Å²) >= 11 is 0. The number of nitrogens with zero attached hydrogens (tertiary/aromatic N) is 8. The molecule has 0 saturated carbocycles. The van der Waals surface area contributed by atoms with E-state index in [1.165, 1.54) is 264 Å². The average Bonchev–Trinajstić information content (AvgIpc) is 1.52. The summed E-state index contributed by atoms with van der Waals surface area (Å²) < 4.78 is 10.2. The van der Waals surface area contributed by atoms with E-state index in [1.807, 2.05) is 0 Å². The van der Waals surface area contributed by atoms with Crippen molar-refractivity contribution in [3.05, 3.63) is 455 Å². The predicted molar refractivity (Wildman–Crippen MR) is 633 cm³/mol. The highest BCUT2D eigenvalue weighted by molar-refractivity contribution is 6.32. The van der Waals surface area contributed by atoms with Gasteiger partial charge in [-0.15, -0.1) is 0 Å². The standard InChI is InChI=1S/C140H114N8/c1-80(2)133-84(8)61-105(62-85(133)9)143(106-63-86(10)134(81(3)4)87(11)64-106)103-54-58-127-119(74-103)111-46-30-50-115-123-79-132-124(78-131(123)147(127)139(111)115)116-51-31-47-112-120-75-104(55-59-128(120)148(132)140(112)116)144(107-65-88(12)135(82(5)6)89(13)66-107)108-67-90(14)136(91(15)68-108)83(7)60-92-32-25-35-94(69-92)96-37-27-43-100(71-96)142(98-40-23-18-24-41-98)102-53-57-126-118(73-102)110-45-29-49-114-122-76-129-121(77-130(122)146(126)138(110)114)113-48-28-44-109-117-72-101(52-56-125(117)145(129)137(109)113)141(97-38-21-17-22-39-97)99-42-26-36-95(70-99)93-33-19-16-20-34-93/h16-59,61-83H,60H2,1-15H3. The highest BCUT2D eigenvalue weighted by atomic mass is 15.2. The minimum Gasteiger partial charge on any atom is -0.310 e. The lowest BCUT2D eigenvalue weighted by molar-refractivity contribution is 0.747. The Bertz CT molecular complexity index is 10200. The Labute approximate surface area is 862 Å². The summed E-state index contributed by atoms with van der Waals surface area (Å²) in [6, 6.07) is 146. The number of aromatic nitrogens is 4. The molecule has 28 aromatic rings. The minimum absolute atomic E-state index is 0.223. The molecule has 0 radical (unpaired) electrons. The first-order valence-electron chi connectivity index (χ1n) is 52.9. The second kappa shape index (κ2) is 33.4. The lowest BCUT2D eigenvalue weighted by atomic mass is 9.86. The Kier molecular flexibility index (Phi) is 20.0. The number of anilines is 12. The van der Waals surface area contributed by atoms with Crippen molar-refractivity contribution in [3.63, 3.8) is 0 Å². The third kappa shape index (κ3) is 13.4. The van der Waals surface area contributed by atoms with Gasteiger partial charge in [-0.2, -0.15) is 0 Å². The Morgan fingerprint density at radius 3 is 0.682 bits per heavy atom. The molecule has 0 fully saturated rings. The molecule has 0 aliphatic rings. The van der Waals surface area contributed by atoms with Crippen LogP contribution in [0.1, 0.15) is 144 Å². The van der Waals surface area contributed by atoms with Crippen molar-refractivity contribution in [1.82, 2.24) is 17.6 Å². The number of rotatable bonds is 20. The van der Waals surface area contributed by atoms with E-state index in [4.69, 9.17) is 0 Å². The minimum atomic E-state index is 0.223. The lowest BCUT2D eigenvalue weighted by Gasteiger charge is -2.30. The Hall–Kier alpha value is -17.2. The summed E-state index contributed by atoms with van der Waals surface area (Å²) in [6.07, 6.45) is 0.882. The van der Waals surface area contributed by atoms with Crippen LogP contribution in [0.15, 0.2) is 382 Å². The van der Waals surface area contributed by atoms with Crippen molar-refractivity contribution < 1.29 is 0 Å². The van der Waals surface area contributed by atoms with Gasteiger partial charge in [-0.05, 0) is 374 Å². The van der Waals surface area contributed by atoms with Crippen LogP contribution < -0.4 is 19.6 Å². The maximum atomic E-state index is 2.58. The number of hydrogen-bond acceptors (Lipinski definition) is 4. The largest absolute Gasteiger partial charge is 0.310 e. The van der Waals surface area contributed by atoms with Crippen LogP contribution in [0.25, 0.3) is 175 Å². The van der Waals surface area contributed by atoms with E-state index < -0.39 is 0 Å². The van der Waals surface area contributed by atoms with Gasteiger partial charge in [0.2, 0.25) is 0 Å². The number of aryl methyl sites for hydroxylation is 8. The van der Waals surface area contributed by atoms with Gasteiger partial charge in [0, 0.05) is 154 Å². The van der Waals surface area contributed by atoms with Gasteiger partial charge in [0.15, 0.2) is 0 Å². The molecular formula is C140H114N8. The number of benzene rings is 20. The van der Waals surface area contributed by atoms with Crippen LogP contribution in [-0.2, 0) is 6.42 Å². The van der Waals surface area contributed by atoms with Crippen molar-refractivity contribution in [3.8, 4) is 22.3 Å². The molecule has 1 unspecified atom stereocenters. The molecule has 1 atom stereocenters. The monoisotopic (exact) mass is 1910 g/mol. The van der Waals surface area contributed by atoms with Crippen LogP contribution in [0, 0.1) is 55.4 Å². The van der Waals surface area contributed by atoms with Crippen LogP contribution in [0.2, 0.25) is 0 Å². The number of fused-ring (bicyclic) bond motifs is 24. The molecule has 0 saturated heterocycles. The Morgan fingerprint density at radius 1 is 0.169 bits per heavy atom. The van der Waals surface area contributed by atoms with Gasteiger partial charge in [-0.1, -0.05) is 237 Å². The highest BCUT2D eigenvalue weighted by Crippen LogP contribution is 2.54. The smallest absolute Gasteiger partial charge is 0.0620 e. The van der Waals surface area contributed by atoms with Gasteiger partial charge in [0.1, 0.15) is 0 Å². The fraction of sp³-hybridized carbons (Fsp3) is 0.143. The number of hydrogen-bond donors (Lipinski definition) is 0. The first-order chi connectivity index (χ1) is 72.1. The summed E-state index contributed by atoms with van der Waals surface area (Å²) in [5, 5.41) is 20.1. The van der Waals surface area contributed by atoms with Crippen molar-refractivity contribution in [2.75, 3.05) is 19.6 Å². The lowest BCUT2D eigenvalue weighted by Crippen LogP contribution is -2.13. The van der Waals surface area contributed by atoms with E-state index in [9.17, 15) is 0 Å². The van der Waals surface area contributed by atoms with Crippen LogP contribution in [-0.4, -0.2) is 17.6 Å². The summed E-state index contributed by atoms with van der Waals surface area (Å²) in [5.41, 5.74) is 50.6. The maximum absolute atomic E-state index is 2.58. The van der Waals surface area contributed by atoms with Gasteiger partial charge in [0.05, 0.1) is 66.2 Å². The van der Waals surface area contributed by atoms with Crippen molar-refractivity contribution in [2.45, 2.75) is 134 Å².